The summed E-state index contributed by atoms with van der Waals surface area (Å²) < 4.78 is 0. The van der Waals surface area contributed by atoms with E-state index in [2.05, 4.69) is 42.2 Å². The van der Waals surface area contributed by atoms with Crippen molar-refractivity contribution in [2.24, 2.45) is 0 Å². The number of nitrogens with zero attached hydrogens (tertiary/aromatic N) is 1. The van der Waals surface area contributed by atoms with Crippen LogP contribution in [0.1, 0.15) is 41.7 Å². The summed E-state index contributed by atoms with van der Waals surface area (Å²) in [6.07, 6.45) is 3.58. The van der Waals surface area contributed by atoms with Crippen LogP contribution < -0.4 is 5.56 Å². The van der Waals surface area contributed by atoms with Crippen LogP contribution in [-0.2, 0) is 0 Å². The smallest absolute Gasteiger partial charge is 0.256 e. The molecule has 0 aliphatic heterocycles. The van der Waals surface area contributed by atoms with Gasteiger partial charge in [0.25, 0.3) is 5.91 Å². The summed E-state index contributed by atoms with van der Waals surface area (Å²) in [5.41, 5.74) is 1.46. The van der Waals surface area contributed by atoms with E-state index in [4.69, 9.17) is 0 Å². The maximum atomic E-state index is 13.0. The quantitative estimate of drug-likeness (QED) is 0.788. The second-order valence-electron chi connectivity index (χ2n) is 6.67. The van der Waals surface area contributed by atoms with Crippen molar-refractivity contribution in [3.63, 3.8) is 0 Å². The van der Waals surface area contributed by atoms with Crippen molar-refractivity contribution in [2.75, 3.05) is 0 Å². The predicted molar refractivity (Wildman–Crippen MR) is 98.6 cm³/mol. The Hall–Kier alpha value is -2.88. The third kappa shape index (κ3) is 3.07. The molecule has 1 heterocycles. The van der Waals surface area contributed by atoms with E-state index >= 15 is 0 Å². The Balaban J connectivity index is 1.68. The number of aromatic amines is 1. The molecule has 2 aromatic carbocycles. The monoisotopic (exact) mass is 332 g/mol. The van der Waals surface area contributed by atoms with Gasteiger partial charge in [-0.3, -0.25) is 9.59 Å². The summed E-state index contributed by atoms with van der Waals surface area (Å²) >= 11 is 0. The van der Waals surface area contributed by atoms with Crippen LogP contribution in [-0.4, -0.2) is 21.8 Å². The van der Waals surface area contributed by atoms with Gasteiger partial charge in [0, 0.05) is 18.3 Å². The van der Waals surface area contributed by atoms with E-state index in [-0.39, 0.29) is 23.6 Å². The summed E-state index contributed by atoms with van der Waals surface area (Å²) in [6.45, 7) is 2.08. The highest BCUT2D eigenvalue weighted by molar-refractivity contribution is 5.94. The van der Waals surface area contributed by atoms with Gasteiger partial charge in [0.1, 0.15) is 0 Å². The van der Waals surface area contributed by atoms with E-state index in [1.165, 1.54) is 23.0 Å². The van der Waals surface area contributed by atoms with E-state index < -0.39 is 0 Å². The third-order valence-electron chi connectivity index (χ3n) is 4.88. The van der Waals surface area contributed by atoms with E-state index in [1.54, 1.807) is 6.07 Å². The summed E-state index contributed by atoms with van der Waals surface area (Å²) in [5.74, 6) is -0.0283. The van der Waals surface area contributed by atoms with E-state index in [9.17, 15) is 9.59 Å². The van der Waals surface area contributed by atoms with Gasteiger partial charge in [-0.1, -0.05) is 36.4 Å². The third-order valence-corrected chi connectivity index (χ3v) is 4.88. The largest absolute Gasteiger partial charge is 0.329 e. The number of hydrogen-bond acceptors (Lipinski definition) is 2. The molecular weight excluding hydrogens is 312 g/mol. The SMILES string of the molecule is C[C@@H](c1ccc2ccccc2c1)N(C(=O)c1ccc(=O)[nH]c1)C1CC1. The number of nitrogens with one attached hydrogen (secondary N) is 1. The minimum atomic E-state index is -0.197. The molecule has 0 radical (unpaired) electrons. The van der Waals surface area contributed by atoms with Crippen LogP contribution in [0.2, 0.25) is 0 Å². The Morgan fingerprint density at radius 1 is 1.08 bits per heavy atom. The highest BCUT2D eigenvalue weighted by atomic mass is 16.2. The van der Waals surface area contributed by atoms with Gasteiger partial charge in [0.2, 0.25) is 5.56 Å². The molecule has 1 aliphatic rings. The average molecular weight is 332 g/mol. The lowest BCUT2D eigenvalue weighted by Gasteiger charge is -2.30. The lowest BCUT2D eigenvalue weighted by molar-refractivity contribution is 0.0673. The van der Waals surface area contributed by atoms with Crippen LogP contribution >= 0.6 is 0 Å². The molecule has 1 aliphatic carbocycles. The normalized spacial score (nSPS) is 15.1. The van der Waals surface area contributed by atoms with Gasteiger partial charge in [-0.25, -0.2) is 0 Å². The molecule has 0 spiro atoms. The van der Waals surface area contributed by atoms with E-state index in [0.29, 0.717) is 5.56 Å². The lowest BCUT2D eigenvalue weighted by atomic mass is 10.0. The molecule has 126 valence electrons. The van der Waals surface area contributed by atoms with Gasteiger partial charge < -0.3 is 9.88 Å². The summed E-state index contributed by atoms with van der Waals surface area (Å²) in [4.78, 5) is 28.8. The highest BCUT2D eigenvalue weighted by Crippen LogP contribution is 2.36. The number of aromatic nitrogens is 1. The Morgan fingerprint density at radius 3 is 2.52 bits per heavy atom. The number of rotatable bonds is 4. The molecule has 25 heavy (non-hydrogen) atoms. The molecule has 1 fully saturated rings. The van der Waals surface area contributed by atoms with Crippen LogP contribution in [0.3, 0.4) is 0 Å². The number of fused-ring (bicyclic) bond motifs is 1. The Kier molecular flexibility index (Phi) is 3.88. The van der Waals surface area contributed by atoms with Crippen molar-refractivity contribution in [3.05, 3.63) is 82.3 Å². The minimum Gasteiger partial charge on any atom is -0.329 e. The fourth-order valence-electron chi connectivity index (χ4n) is 3.33. The predicted octanol–water partition coefficient (Wildman–Crippen LogP) is 3.89. The summed E-state index contributed by atoms with van der Waals surface area (Å²) in [5, 5.41) is 2.38. The zero-order chi connectivity index (χ0) is 17.4. The van der Waals surface area contributed by atoms with E-state index in [0.717, 1.165) is 18.4 Å². The molecule has 1 N–H and O–H groups in total. The van der Waals surface area contributed by atoms with Crippen LogP contribution in [0.15, 0.2) is 65.6 Å². The second kappa shape index (κ2) is 6.20. The topological polar surface area (TPSA) is 53.2 Å². The van der Waals surface area contributed by atoms with Crippen LogP contribution in [0.4, 0.5) is 0 Å². The minimum absolute atomic E-state index is 0.0171. The fraction of sp³-hybridized carbons (Fsp3) is 0.238. The number of pyridine rings is 1. The number of hydrogen-bond donors (Lipinski definition) is 1. The molecular formula is C21H20N2O2. The molecule has 1 amide bonds. The molecule has 0 unspecified atom stereocenters. The molecule has 1 atom stereocenters. The molecule has 3 aromatic rings. The molecule has 4 rings (SSSR count). The maximum Gasteiger partial charge on any atom is 0.256 e. The van der Waals surface area contributed by atoms with Crippen molar-refractivity contribution < 1.29 is 4.79 Å². The van der Waals surface area contributed by atoms with Crippen molar-refractivity contribution >= 4 is 16.7 Å². The zero-order valence-corrected chi connectivity index (χ0v) is 14.1. The first-order valence-corrected chi connectivity index (χ1v) is 8.63. The van der Waals surface area contributed by atoms with E-state index in [1.807, 2.05) is 17.0 Å². The standard InChI is InChI=1S/C21H20N2O2/c1-14(16-7-6-15-4-2-3-5-17(15)12-16)23(19-9-10-19)21(25)18-8-11-20(24)22-13-18/h2-8,11-14,19H,9-10H2,1H3,(H,22,24)/t14-/m0/s1. The van der Waals surface area contributed by atoms with Gasteiger partial charge in [0.15, 0.2) is 0 Å². The Bertz CT molecular complexity index is 968. The van der Waals surface area contributed by atoms with Crippen LogP contribution in [0.5, 0.6) is 0 Å². The van der Waals surface area contributed by atoms with Gasteiger partial charge in [0.05, 0.1) is 11.6 Å². The Labute approximate surface area is 146 Å². The second-order valence-corrected chi connectivity index (χ2v) is 6.67. The van der Waals surface area contributed by atoms with Crippen LogP contribution in [0, 0.1) is 0 Å². The van der Waals surface area contributed by atoms with Crippen molar-refractivity contribution in [1.29, 1.82) is 0 Å². The van der Waals surface area contributed by atoms with Gasteiger partial charge in [-0.05, 0) is 48.2 Å². The van der Waals surface area contributed by atoms with Crippen molar-refractivity contribution in [3.8, 4) is 0 Å². The molecule has 0 bridgehead atoms. The fourth-order valence-corrected chi connectivity index (χ4v) is 3.33. The molecule has 4 nitrogen and oxygen atoms in total. The molecule has 0 saturated heterocycles. The number of carbonyl (C=O) groups is 1. The number of H-pyrrole nitrogens is 1. The first-order chi connectivity index (χ1) is 12.1. The highest BCUT2D eigenvalue weighted by Gasteiger charge is 2.36. The van der Waals surface area contributed by atoms with Gasteiger partial charge in [-0.2, -0.15) is 0 Å². The van der Waals surface area contributed by atoms with Crippen molar-refractivity contribution in [1.82, 2.24) is 9.88 Å². The van der Waals surface area contributed by atoms with Crippen LogP contribution in [0.25, 0.3) is 10.8 Å². The van der Waals surface area contributed by atoms with Crippen molar-refractivity contribution in [2.45, 2.75) is 31.8 Å². The number of benzene rings is 2. The molecule has 4 heteroatoms. The maximum absolute atomic E-state index is 13.0. The summed E-state index contributed by atoms with van der Waals surface area (Å²) in [7, 11) is 0. The van der Waals surface area contributed by atoms with Gasteiger partial charge in [-0.15, -0.1) is 0 Å². The van der Waals surface area contributed by atoms with Gasteiger partial charge >= 0.3 is 0 Å². The first-order valence-electron chi connectivity index (χ1n) is 8.63. The average Bonchev–Trinajstić information content (AvgIpc) is 3.47. The Morgan fingerprint density at radius 2 is 1.84 bits per heavy atom. The molecule has 1 aromatic heterocycles. The molecule has 1 saturated carbocycles. The number of carbonyl (C=O) groups excluding carboxylic acids is 1. The summed E-state index contributed by atoms with van der Waals surface area (Å²) in [6, 6.07) is 17.9. The number of amides is 1. The first kappa shape index (κ1) is 15.6. The lowest BCUT2D eigenvalue weighted by Crippen LogP contribution is -2.35. The zero-order valence-electron chi connectivity index (χ0n) is 14.1.